The molecule has 4 N–H and O–H groups in total. The summed E-state index contributed by atoms with van der Waals surface area (Å²) in [5, 5.41) is 21.7. The second-order valence-electron chi connectivity index (χ2n) is 3.66. The molecule has 0 aliphatic rings. The predicted octanol–water partition coefficient (Wildman–Crippen LogP) is -1.79. The minimum Gasteiger partial charge on any atom is -0.479 e. The zero-order chi connectivity index (χ0) is 13.6. The van der Waals surface area contributed by atoms with Crippen LogP contribution in [-0.4, -0.2) is 65.8 Å². The van der Waals surface area contributed by atoms with Crippen LogP contribution in [0.25, 0.3) is 0 Å². The quantitative estimate of drug-likeness (QED) is 0.457. The number of urea groups is 1. The molecule has 8 nitrogen and oxygen atoms in total. The van der Waals surface area contributed by atoms with Gasteiger partial charge in [-0.1, -0.05) is 0 Å². The number of nitrogens with one attached hydrogen (secondary N) is 2. The van der Waals surface area contributed by atoms with E-state index in [1.54, 1.807) is 14.1 Å². The third-order valence-electron chi connectivity index (χ3n) is 1.90. The number of aliphatic hydroxyl groups is 1. The molecule has 3 amide bonds. The lowest BCUT2D eigenvalue weighted by molar-refractivity contribution is -0.146. The van der Waals surface area contributed by atoms with Gasteiger partial charge in [0.15, 0.2) is 6.10 Å². The van der Waals surface area contributed by atoms with Crippen LogP contribution in [0.3, 0.4) is 0 Å². The molecule has 0 spiro atoms. The largest absolute Gasteiger partial charge is 0.479 e. The van der Waals surface area contributed by atoms with Gasteiger partial charge in [0.2, 0.25) is 5.91 Å². The fourth-order valence-corrected chi connectivity index (χ4v) is 0.973. The molecule has 0 radical (unpaired) electrons. The van der Waals surface area contributed by atoms with E-state index in [4.69, 9.17) is 10.2 Å². The highest BCUT2D eigenvalue weighted by Gasteiger charge is 2.18. The summed E-state index contributed by atoms with van der Waals surface area (Å²) < 4.78 is 0. The van der Waals surface area contributed by atoms with Crippen molar-refractivity contribution in [1.29, 1.82) is 0 Å². The molecular weight excluding hydrogens is 230 g/mol. The summed E-state index contributed by atoms with van der Waals surface area (Å²) in [6.45, 7) is 1.07. The van der Waals surface area contributed by atoms with E-state index in [2.05, 4.69) is 10.6 Å². The van der Waals surface area contributed by atoms with Gasteiger partial charge in [-0.3, -0.25) is 4.79 Å². The number of likely N-dealkylation sites (N-methyl/N-ethyl adjacent to an activating group) is 1. The first-order chi connectivity index (χ1) is 7.75. The molecule has 0 rings (SSSR count). The number of aliphatic carboxylic acids is 1. The number of hydrogen-bond donors (Lipinski definition) is 4. The number of carbonyl (C=O) groups excluding carboxylic acids is 2. The molecule has 98 valence electrons. The summed E-state index contributed by atoms with van der Waals surface area (Å²) in [7, 11) is 3.10. The summed E-state index contributed by atoms with van der Waals surface area (Å²) in [5.74, 6) is -1.72. The average Bonchev–Trinajstić information content (AvgIpc) is 2.24. The lowest BCUT2D eigenvalue weighted by Crippen LogP contribution is -2.49. The van der Waals surface area contributed by atoms with Crippen LogP contribution in [0.1, 0.15) is 6.92 Å². The van der Waals surface area contributed by atoms with Crippen LogP contribution in [0.15, 0.2) is 0 Å². The molecular formula is C9H17N3O5. The zero-order valence-corrected chi connectivity index (χ0v) is 9.93. The Labute approximate surface area is 98.6 Å². The molecule has 0 aliphatic heterocycles. The summed E-state index contributed by atoms with van der Waals surface area (Å²) in [6.07, 6.45) is -1.67. The molecule has 0 fully saturated rings. The molecule has 1 unspecified atom stereocenters. The van der Waals surface area contributed by atoms with E-state index in [9.17, 15) is 14.4 Å². The Morgan fingerprint density at radius 2 is 1.82 bits per heavy atom. The number of carbonyl (C=O) groups is 3. The zero-order valence-electron chi connectivity index (χ0n) is 9.93. The van der Waals surface area contributed by atoms with Crippen molar-refractivity contribution in [3.63, 3.8) is 0 Å². The fourth-order valence-electron chi connectivity index (χ4n) is 0.973. The Balaban J connectivity index is 4.02. The molecule has 0 bridgehead atoms. The normalized spacial score (nSPS) is 13.4. The summed E-state index contributed by atoms with van der Waals surface area (Å²) >= 11 is 0. The van der Waals surface area contributed by atoms with Crippen molar-refractivity contribution in [2.45, 2.75) is 19.1 Å². The standard InChI is InChI=1S/C9H17N3O5/c1-5(7(14)12(2)3)11-9(17)10-4-6(13)8(15)16/h5-6,13H,4H2,1-3H3,(H,15,16)(H2,10,11,17)/t5?,6-/m0/s1. The number of carboxylic acids is 1. The number of aliphatic hydroxyl groups excluding tert-OH is 1. The average molecular weight is 247 g/mol. The highest BCUT2D eigenvalue weighted by atomic mass is 16.4. The van der Waals surface area contributed by atoms with Crippen molar-refractivity contribution >= 4 is 17.9 Å². The Bertz CT molecular complexity index is 305. The van der Waals surface area contributed by atoms with Gasteiger partial charge in [0.1, 0.15) is 6.04 Å². The third-order valence-corrected chi connectivity index (χ3v) is 1.90. The predicted molar refractivity (Wildman–Crippen MR) is 58.3 cm³/mol. The van der Waals surface area contributed by atoms with Crippen LogP contribution in [0.4, 0.5) is 4.79 Å². The van der Waals surface area contributed by atoms with E-state index in [1.807, 2.05) is 0 Å². The van der Waals surface area contributed by atoms with Crippen molar-refractivity contribution < 1.29 is 24.6 Å². The number of nitrogens with zero attached hydrogens (tertiary/aromatic N) is 1. The first-order valence-electron chi connectivity index (χ1n) is 4.92. The Kier molecular flexibility index (Phi) is 5.97. The Morgan fingerprint density at radius 3 is 2.24 bits per heavy atom. The number of amides is 3. The van der Waals surface area contributed by atoms with Gasteiger partial charge in [0, 0.05) is 14.1 Å². The van der Waals surface area contributed by atoms with E-state index in [0.717, 1.165) is 0 Å². The van der Waals surface area contributed by atoms with E-state index in [0.29, 0.717) is 0 Å². The van der Waals surface area contributed by atoms with Crippen LogP contribution in [0, 0.1) is 0 Å². The molecule has 8 heteroatoms. The summed E-state index contributed by atoms with van der Waals surface area (Å²) in [6, 6.07) is -1.44. The monoisotopic (exact) mass is 247 g/mol. The molecule has 0 aromatic heterocycles. The second-order valence-corrected chi connectivity index (χ2v) is 3.66. The molecule has 0 saturated carbocycles. The van der Waals surface area contributed by atoms with E-state index >= 15 is 0 Å². The first kappa shape index (κ1) is 15.2. The minimum absolute atomic E-state index is 0.293. The van der Waals surface area contributed by atoms with E-state index in [1.165, 1.54) is 11.8 Å². The van der Waals surface area contributed by atoms with Gasteiger partial charge in [-0.25, -0.2) is 9.59 Å². The Morgan fingerprint density at radius 1 is 1.29 bits per heavy atom. The smallest absolute Gasteiger partial charge is 0.334 e. The minimum atomic E-state index is -1.67. The number of rotatable bonds is 5. The van der Waals surface area contributed by atoms with Crippen molar-refractivity contribution in [3.05, 3.63) is 0 Å². The summed E-state index contributed by atoms with van der Waals surface area (Å²) in [4.78, 5) is 34.1. The fraction of sp³-hybridized carbons (Fsp3) is 0.667. The van der Waals surface area contributed by atoms with Gasteiger partial charge >= 0.3 is 12.0 Å². The van der Waals surface area contributed by atoms with Crippen molar-refractivity contribution in [2.75, 3.05) is 20.6 Å². The molecule has 0 heterocycles. The van der Waals surface area contributed by atoms with Crippen LogP contribution in [0.2, 0.25) is 0 Å². The van der Waals surface area contributed by atoms with Gasteiger partial charge in [-0.15, -0.1) is 0 Å². The van der Waals surface area contributed by atoms with Crippen molar-refractivity contribution in [3.8, 4) is 0 Å². The topological polar surface area (TPSA) is 119 Å². The van der Waals surface area contributed by atoms with Gasteiger partial charge in [0.05, 0.1) is 6.54 Å². The maximum Gasteiger partial charge on any atom is 0.334 e. The lowest BCUT2D eigenvalue weighted by Gasteiger charge is -2.18. The number of hydrogen-bond acceptors (Lipinski definition) is 4. The van der Waals surface area contributed by atoms with Crippen molar-refractivity contribution in [1.82, 2.24) is 15.5 Å². The van der Waals surface area contributed by atoms with Gasteiger partial charge in [0.25, 0.3) is 0 Å². The first-order valence-corrected chi connectivity index (χ1v) is 4.92. The van der Waals surface area contributed by atoms with Crippen molar-refractivity contribution in [2.24, 2.45) is 0 Å². The van der Waals surface area contributed by atoms with Gasteiger partial charge in [-0.2, -0.15) is 0 Å². The number of carboxylic acid groups (broad SMARTS) is 1. The van der Waals surface area contributed by atoms with Crippen LogP contribution < -0.4 is 10.6 Å². The third kappa shape index (κ3) is 5.71. The Hall–Kier alpha value is -1.83. The van der Waals surface area contributed by atoms with Gasteiger partial charge in [-0.05, 0) is 6.92 Å². The van der Waals surface area contributed by atoms with E-state index < -0.39 is 30.7 Å². The van der Waals surface area contributed by atoms with Crippen LogP contribution >= 0.6 is 0 Å². The summed E-state index contributed by atoms with van der Waals surface area (Å²) in [5.41, 5.74) is 0. The molecule has 0 aromatic rings. The molecule has 2 atom stereocenters. The highest BCUT2D eigenvalue weighted by molar-refractivity contribution is 5.86. The second kappa shape index (κ2) is 6.69. The maximum absolute atomic E-state index is 11.4. The maximum atomic E-state index is 11.4. The SMILES string of the molecule is CC(NC(=O)NC[C@H](O)C(=O)O)C(=O)N(C)C. The van der Waals surface area contributed by atoms with E-state index in [-0.39, 0.29) is 5.91 Å². The molecule has 0 aliphatic carbocycles. The highest BCUT2D eigenvalue weighted by Crippen LogP contribution is 1.88. The van der Waals surface area contributed by atoms with Crippen LogP contribution in [0.5, 0.6) is 0 Å². The molecule has 17 heavy (non-hydrogen) atoms. The lowest BCUT2D eigenvalue weighted by atomic mass is 10.3. The van der Waals surface area contributed by atoms with Gasteiger partial charge < -0.3 is 25.7 Å². The molecule has 0 saturated heterocycles. The molecule has 0 aromatic carbocycles. The van der Waals surface area contributed by atoms with Crippen LogP contribution in [-0.2, 0) is 9.59 Å².